The summed E-state index contributed by atoms with van der Waals surface area (Å²) in [5.74, 6) is -1.40. The van der Waals surface area contributed by atoms with Gasteiger partial charge in [0.1, 0.15) is 0 Å². The SMILES string of the molecule is O=C(C=Cc1ccccc1)C(=O)N(CCO)CCO. The Bertz CT molecular complexity index is 436. The fourth-order valence-corrected chi connectivity index (χ4v) is 1.52. The molecule has 1 rings (SSSR count). The first-order chi connectivity index (χ1) is 9.19. The first kappa shape index (κ1) is 15.1. The van der Waals surface area contributed by atoms with Gasteiger partial charge in [0.15, 0.2) is 0 Å². The topological polar surface area (TPSA) is 77.8 Å². The van der Waals surface area contributed by atoms with E-state index in [1.54, 1.807) is 6.08 Å². The predicted molar refractivity (Wildman–Crippen MR) is 71.2 cm³/mol. The average Bonchev–Trinajstić information content (AvgIpc) is 2.45. The van der Waals surface area contributed by atoms with E-state index in [4.69, 9.17) is 10.2 Å². The number of rotatable bonds is 7. The zero-order valence-electron chi connectivity index (χ0n) is 10.5. The van der Waals surface area contributed by atoms with Gasteiger partial charge in [-0.1, -0.05) is 36.4 Å². The third kappa shape index (κ3) is 5.03. The van der Waals surface area contributed by atoms with Crippen LogP contribution in [0.15, 0.2) is 36.4 Å². The molecule has 0 aromatic heterocycles. The van der Waals surface area contributed by atoms with Gasteiger partial charge in [-0.3, -0.25) is 9.59 Å². The van der Waals surface area contributed by atoms with Crippen molar-refractivity contribution in [3.05, 3.63) is 42.0 Å². The van der Waals surface area contributed by atoms with Crippen LogP contribution in [-0.2, 0) is 9.59 Å². The zero-order valence-corrected chi connectivity index (χ0v) is 10.5. The number of amides is 1. The number of carbonyl (C=O) groups is 2. The van der Waals surface area contributed by atoms with E-state index < -0.39 is 11.7 Å². The molecular formula is C14H17NO4. The Kier molecular flexibility index (Phi) is 6.49. The van der Waals surface area contributed by atoms with Crippen LogP contribution in [0, 0.1) is 0 Å². The third-order valence-corrected chi connectivity index (χ3v) is 2.46. The molecule has 5 heteroatoms. The Morgan fingerprint density at radius 3 is 2.16 bits per heavy atom. The van der Waals surface area contributed by atoms with Crippen LogP contribution in [0.1, 0.15) is 5.56 Å². The van der Waals surface area contributed by atoms with Crippen molar-refractivity contribution in [3.63, 3.8) is 0 Å². The maximum Gasteiger partial charge on any atom is 0.294 e. The summed E-state index contributed by atoms with van der Waals surface area (Å²) in [5.41, 5.74) is 0.819. The molecule has 102 valence electrons. The summed E-state index contributed by atoms with van der Waals surface area (Å²) in [6.07, 6.45) is 2.75. The standard InChI is InChI=1S/C14H17NO4/c16-10-8-15(9-11-17)14(19)13(18)7-6-12-4-2-1-3-5-12/h1-7,16-17H,8-11H2. The molecule has 0 saturated heterocycles. The Hall–Kier alpha value is -1.98. The van der Waals surface area contributed by atoms with Crippen molar-refractivity contribution in [1.29, 1.82) is 0 Å². The summed E-state index contributed by atoms with van der Waals surface area (Å²) in [6, 6.07) is 9.14. The van der Waals surface area contributed by atoms with Gasteiger partial charge in [-0.2, -0.15) is 0 Å². The van der Waals surface area contributed by atoms with Gasteiger partial charge in [-0.15, -0.1) is 0 Å². The molecule has 5 nitrogen and oxygen atoms in total. The number of nitrogens with zero attached hydrogens (tertiary/aromatic N) is 1. The first-order valence-corrected chi connectivity index (χ1v) is 5.97. The van der Waals surface area contributed by atoms with Crippen LogP contribution in [0.2, 0.25) is 0 Å². The molecule has 0 aliphatic carbocycles. The lowest BCUT2D eigenvalue weighted by Crippen LogP contribution is -2.39. The fraction of sp³-hybridized carbons (Fsp3) is 0.286. The molecule has 1 aromatic carbocycles. The molecule has 0 spiro atoms. The number of benzene rings is 1. The smallest absolute Gasteiger partial charge is 0.294 e. The number of aliphatic hydroxyl groups excluding tert-OH is 2. The van der Waals surface area contributed by atoms with Crippen molar-refractivity contribution in [3.8, 4) is 0 Å². The molecule has 0 aliphatic rings. The van der Waals surface area contributed by atoms with Crippen LogP contribution in [0.4, 0.5) is 0 Å². The third-order valence-electron chi connectivity index (χ3n) is 2.46. The monoisotopic (exact) mass is 263 g/mol. The minimum atomic E-state index is -0.727. The van der Waals surface area contributed by atoms with Gasteiger partial charge in [0.05, 0.1) is 13.2 Å². The minimum Gasteiger partial charge on any atom is -0.395 e. The van der Waals surface area contributed by atoms with E-state index in [0.717, 1.165) is 10.5 Å². The van der Waals surface area contributed by atoms with E-state index in [0.29, 0.717) is 0 Å². The predicted octanol–water partition coefficient (Wildman–Crippen LogP) is 0.0821. The van der Waals surface area contributed by atoms with Gasteiger partial charge >= 0.3 is 0 Å². The second-order valence-electron chi connectivity index (χ2n) is 3.85. The lowest BCUT2D eigenvalue weighted by Gasteiger charge is -2.18. The maximum absolute atomic E-state index is 11.7. The van der Waals surface area contributed by atoms with Crippen molar-refractivity contribution in [2.75, 3.05) is 26.3 Å². The highest BCUT2D eigenvalue weighted by atomic mass is 16.3. The Labute approximate surface area is 111 Å². The Morgan fingerprint density at radius 2 is 1.63 bits per heavy atom. The van der Waals surface area contributed by atoms with Crippen molar-refractivity contribution >= 4 is 17.8 Å². The van der Waals surface area contributed by atoms with E-state index >= 15 is 0 Å². The molecule has 0 radical (unpaired) electrons. The van der Waals surface area contributed by atoms with Crippen molar-refractivity contribution in [2.24, 2.45) is 0 Å². The molecule has 1 aromatic rings. The molecule has 0 unspecified atom stereocenters. The molecule has 0 atom stereocenters. The summed E-state index contributed by atoms with van der Waals surface area (Å²) in [6.45, 7) is -0.433. The largest absolute Gasteiger partial charge is 0.395 e. The van der Waals surface area contributed by atoms with Crippen LogP contribution >= 0.6 is 0 Å². The van der Waals surface area contributed by atoms with E-state index in [1.165, 1.54) is 6.08 Å². The number of ketones is 1. The van der Waals surface area contributed by atoms with Gasteiger partial charge in [0.25, 0.3) is 5.91 Å². The van der Waals surface area contributed by atoms with Crippen LogP contribution in [0.3, 0.4) is 0 Å². The van der Waals surface area contributed by atoms with Gasteiger partial charge in [0.2, 0.25) is 5.78 Å². The van der Waals surface area contributed by atoms with Crippen molar-refractivity contribution in [1.82, 2.24) is 4.90 Å². The van der Waals surface area contributed by atoms with Crippen LogP contribution < -0.4 is 0 Å². The molecular weight excluding hydrogens is 246 g/mol. The second-order valence-corrected chi connectivity index (χ2v) is 3.85. The van der Waals surface area contributed by atoms with E-state index in [9.17, 15) is 9.59 Å². The molecule has 2 N–H and O–H groups in total. The highest BCUT2D eigenvalue weighted by Gasteiger charge is 2.18. The maximum atomic E-state index is 11.7. The zero-order chi connectivity index (χ0) is 14.1. The van der Waals surface area contributed by atoms with Gasteiger partial charge in [0, 0.05) is 13.1 Å². The summed E-state index contributed by atoms with van der Waals surface area (Å²) in [5, 5.41) is 17.6. The average molecular weight is 263 g/mol. The highest BCUT2D eigenvalue weighted by molar-refractivity contribution is 6.41. The van der Waals surface area contributed by atoms with E-state index in [-0.39, 0.29) is 26.3 Å². The summed E-state index contributed by atoms with van der Waals surface area (Å²) in [4.78, 5) is 24.5. The normalized spacial score (nSPS) is 10.6. The van der Waals surface area contributed by atoms with Crippen LogP contribution in [0.25, 0.3) is 6.08 Å². The molecule has 0 bridgehead atoms. The number of aliphatic hydroxyl groups is 2. The number of hydrogen-bond donors (Lipinski definition) is 2. The molecule has 1 amide bonds. The van der Waals surface area contributed by atoms with Crippen molar-refractivity contribution in [2.45, 2.75) is 0 Å². The van der Waals surface area contributed by atoms with Crippen LogP contribution in [-0.4, -0.2) is 53.1 Å². The van der Waals surface area contributed by atoms with E-state index in [1.807, 2.05) is 30.3 Å². The van der Waals surface area contributed by atoms with Gasteiger partial charge < -0.3 is 15.1 Å². The highest BCUT2D eigenvalue weighted by Crippen LogP contribution is 2.02. The lowest BCUT2D eigenvalue weighted by molar-refractivity contribution is -0.142. The molecule has 0 saturated carbocycles. The Morgan fingerprint density at radius 1 is 1.05 bits per heavy atom. The van der Waals surface area contributed by atoms with Gasteiger partial charge in [-0.05, 0) is 11.6 Å². The molecule has 0 heterocycles. The van der Waals surface area contributed by atoms with Crippen LogP contribution in [0.5, 0.6) is 0 Å². The van der Waals surface area contributed by atoms with Crippen molar-refractivity contribution < 1.29 is 19.8 Å². The molecule has 0 fully saturated rings. The molecule has 19 heavy (non-hydrogen) atoms. The number of carbonyl (C=O) groups excluding carboxylic acids is 2. The molecule has 0 aliphatic heterocycles. The number of hydrogen-bond acceptors (Lipinski definition) is 4. The Balaban J connectivity index is 2.65. The summed E-state index contributed by atoms with van der Waals surface area (Å²) in [7, 11) is 0. The van der Waals surface area contributed by atoms with E-state index in [2.05, 4.69) is 0 Å². The fourth-order valence-electron chi connectivity index (χ4n) is 1.52. The summed E-state index contributed by atoms with van der Waals surface area (Å²) < 4.78 is 0. The minimum absolute atomic E-state index is 0.0321. The second kappa shape index (κ2) is 8.18. The van der Waals surface area contributed by atoms with Gasteiger partial charge in [-0.25, -0.2) is 0 Å². The first-order valence-electron chi connectivity index (χ1n) is 5.97. The lowest BCUT2D eigenvalue weighted by atomic mass is 10.2. The quantitative estimate of drug-likeness (QED) is 0.539. The summed E-state index contributed by atoms with van der Waals surface area (Å²) >= 11 is 0.